The highest BCUT2D eigenvalue weighted by Crippen LogP contribution is 2.22. The average molecular weight is 227 g/mol. The summed E-state index contributed by atoms with van der Waals surface area (Å²) in [7, 11) is 0. The first kappa shape index (κ1) is 13.4. The minimum Gasteiger partial charge on any atom is -0.381 e. The molecule has 0 aliphatic carbocycles. The van der Waals surface area contributed by atoms with Crippen molar-refractivity contribution in [2.24, 2.45) is 0 Å². The Labute approximate surface area is 105 Å². The summed E-state index contributed by atoms with van der Waals surface area (Å²) in [4.78, 5) is 0. The number of nitrogens with one attached hydrogen (secondary N) is 1. The lowest BCUT2D eigenvalue weighted by molar-refractivity contribution is 0.607. The monoisotopic (exact) mass is 227 g/mol. The Kier molecular flexibility index (Phi) is 5.36. The maximum absolute atomic E-state index is 5.47. The van der Waals surface area contributed by atoms with Gasteiger partial charge in [-0.2, -0.15) is 0 Å². The third-order valence-electron chi connectivity index (χ3n) is 2.97. The van der Waals surface area contributed by atoms with Crippen LogP contribution in [-0.4, -0.2) is 0 Å². The zero-order chi connectivity index (χ0) is 12.7. The third kappa shape index (κ3) is 3.67. The minimum absolute atomic E-state index is 0.215. The Balaban J connectivity index is 3.01. The molecule has 1 aromatic carbocycles. The second-order valence-corrected chi connectivity index (χ2v) is 4.13. The predicted octanol–water partition coefficient (Wildman–Crippen LogP) is 3.83. The van der Waals surface area contributed by atoms with Gasteiger partial charge >= 0.3 is 0 Å². The standard InChI is InChI=1S/C16H21N/c1-5-10-16(17-13(4)6-2)15-12-9-8-11-14(15)7-3/h1,6,8-9,11-12,16-17H,7,10H2,2-4H3/b13-6-. The molecule has 17 heavy (non-hydrogen) atoms. The number of hydrogen-bond acceptors (Lipinski definition) is 1. The normalized spacial score (nSPS) is 12.9. The van der Waals surface area contributed by atoms with Crippen LogP contribution in [0.15, 0.2) is 36.0 Å². The lowest BCUT2D eigenvalue weighted by Crippen LogP contribution is -2.20. The molecule has 0 aromatic heterocycles. The van der Waals surface area contributed by atoms with Crippen molar-refractivity contribution >= 4 is 0 Å². The van der Waals surface area contributed by atoms with E-state index >= 15 is 0 Å². The summed E-state index contributed by atoms with van der Waals surface area (Å²) in [6, 6.07) is 8.71. The molecule has 0 spiro atoms. The van der Waals surface area contributed by atoms with Crippen LogP contribution in [0.3, 0.4) is 0 Å². The highest BCUT2D eigenvalue weighted by molar-refractivity contribution is 5.31. The fourth-order valence-electron chi connectivity index (χ4n) is 1.91. The van der Waals surface area contributed by atoms with Gasteiger partial charge in [0.05, 0.1) is 6.04 Å². The largest absolute Gasteiger partial charge is 0.381 e. The molecule has 1 heteroatoms. The molecule has 0 bridgehead atoms. The number of benzene rings is 1. The molecule has 0 aliphatic heterocycles. The lowest BCUT2D eigenvalue weighted by atomic mass is 9.96. The van der Waals surface area contributed by atoms with Gasteiger partial charge in [0.1, 0.15) is 0 Å². The Morgan fingerprint density at radius 1 is 1.47 bits per heavy atom. The van der Waals surface area contributed by atoms with Crippen LogP contribution in [0.2, 0.25) is 0 Å². The van der Waals surface area contributed by atoms with Gasteiger partial charge in [0.25, 0.3) is 0 Å². The van der Waals surface area contributed by atoms with Gasteiger partial charge in [-0.25, -0.2) is 0 Å². The number of allylic oxidation sites excluding steroid dienone is 2. The Morgan fingerprint density at radius 3 is 2.76 bits per heavy atom. The van der Waals surface area contributed by atoms with Crippen LogP contribution in [0.1, 0.15) is 44.4 Å². The minimum atomic E-state index is 0.215. The zero-order valence-electron chi connectivity index (χ0n) is 11.0. The topological polar surface area (TPSA) is 12.0 Å². The molecule has 0 fully saturated rings. The molecule has 1 atom stereocenters. The zero-order valence-corrected chi connectivity index (χ0v) is 11.0. The van der Waals surface area contributed by atoms with Gasteiger partial charge < -0.3 is 5.32 Å². The molecular formula is C16H21N. The van der Waals surface area contributed by atoms with Crippen molar-refractivity contribution in [2.75, 3.05) is 0 Å². The van der Waals surface area contributed by atoms with E-state index in [2.05, 4.69) is 55.4 Å². The highest BCUT2D eigenvalue weighted by atomic mass is 14.9. The first-order valence-corrected chi connectivity index (χ1v) is 6.13. The molecule has 0 heterocycles. The van der Waals surface area contributed by atoms with Gasteiger partial charge in [0, 0.05) is 12.1 Å². The van der Waals surface area contributed by atoms with E-state index in [1.54, 1.807) is 0 Å². The van der Waals surface area contributed by atoms with Gasteiger partial charge in [0.2, 0.25) is 0 Å². The van der Waals surface area contributed by atoms with E-state index in [4.69, 9.17) is 6.42 Å². The lowest BCUT2D eigenvalue weighted by Gasteiger charge is -2.21. The van der Waals surface area contributed by atoms with Crippen LogP contribution in [0.4, 0.5) is 0 Å². The van der Waals surface area contributed by atoms with Crippen molar-refractivity contribution in [2.45, 2.75) is 39.7 Å². The smallest absolute Gasteiger partial charge is 0.0622 e. The van der Waals surface area contributed by atoms with Gasteiger partial charge in [-0.1, -0.05) is 37.3 Å². The first-order valence-electron chi connectivity index (χ1n) is 6.13. The SMILES string of the molecule is C#CCC(N/C(C)=C\C)c1ccccc1CC. The molecule has 0 saturated carbocycles. The van der Waals surface area contributed by atoms with Crippen LogP contribution >= 0.6 is 0 Å². The van der Waals surface area contributed by atoms with Crippen LogP contribution < -0.4 is 5.32 Å². The van der Waals surface area contributed by atoms with Crippen LogP contribution in [-0.2, 0) is 6.42 Å². The maximum Gasteiger partial charge on any atom is 0.0622 e. The van der Waals surface area contributed by atoms with E-state index in [0.29, 0.717) is 6.42 Å². The molecule has 90 valence electrons. The van der Waals surface area contributed by atoms with Crippen LogP contribution in [0.5, 0.6) is 0 Å². The number of hydrogen-bond donors (Lipinski definition) is 1. The predicted molar refractivity (Wildman–Crippen MR) is 74.6 cm³/mol. The summed E-state index contributed by atoms with van der Waals surface area (Å²) in [6.07, 6.45) is 9.28. The number of aryl methyl sites for hydroxylation is 1. The van der Waals surface area contributed by atoms with Gasteiger partial charge in [-0.3, -0.25) is 0 Å². The van der Waals surface area contributed by atoms with E-state index in [1.807, 2.05) is 6.92 Å². The Morgan fingerprint density at radius 2 is 2.18 bits per heavy atom. The summed E-state index contributed by atoms with van der Waals surface area (Å²) >= 11 is 0. The van der Waals surface area contributed by atoms with Crippen molar-refractivity contribution in [1.29, 1.82) is 0 Å². The number of terminal acetylenes is 1. The Hall–Kier alpha value is -1.68. The second kappa shape index (κ2) is 6.81. The quantitative estimate of drug-likeness (QED) is 0.754. The maximum atomic E-state index is 5.47. The number of rotatable bonds is 5. The molecule has 1 nitrogen and oxygen atoms in total. The molecule has 0 saturated heterocycles. The Bertz CT molecular complexity index is 423. The van der Waals surface area contributed by atoms with Crippen molar-refractivity contribution < 1.29 is 0 Å². The highest BCUT2D eigenvalue weighted by Gasteiger charge is 2.12. The molecular weight excluding hydrogens is 206 g/mol. The summed E-state index contributed by atoms with van der Waals surface area (Å²) < 4.78 is 0. The fourth-order valence-corrected chi connectivity index (χ4v) is 1.91. The molecule has 1 rings (SSSR count). The average Bonchev–Trinajstić information content (AvgIpc) is 2.38. The van der Waals surface area contributed by atoms with Crippen molar-refractivity contribution in [1.82, 2.24) is 5.32 Å². The molecule has 0 radical (unpaired) electrons. The summed E-state index contributed by atoms with van der Waals surface area (Å²) in [5.74, 6) is 2.76. The van der Waals surface area contributed by atoms with E-state index in [-0.39, 0.29) is 6.04 Å². The molecule has 1 unspecified atom stereocenters. The van der Waals surface area contributed by atoms with Gasteiger partial charge in [-0.05, 0) is 31.4 Å². The van der Waals surface area contributed by atoms with Crippen LogP contribution in [0, 0.1) is 12.3 Å². The van der Waals surface area contributed by atoms with Gasteiger partial charge in [0.15, 0.2) is 0 Å². The third-order valence-corrected chi connectivity index (χ3v) is 2.97. The molecule has 1 N–H and O–H groups in total. The molecule has 1 aromatic rings. The first-order chi connectivity index (χ1) is 8.22. The van der Waals surface area contributed by atoms with Crippen molar-refractivity contribution in [3.05, 3.63) is 47.2 Å². The van der Waals surface area contributed by atoms with Crippen LogP contribution in [0.25, 0.3) is 0 Å². The van der Waals surface area contributed by atoms with Crippen molar-refractivity contribution in [3.63, 3.8) is 0 Å². The molecule has 0 amide bonds. The fraction of sp³-hybridized carbons (Fsp3) is 0.375. The van der Waals surface area contributed by atoms with E-state index in [1.165, 1.54) is 11.1 Å². The van der Waals surface area contributed by atoms with E-state index in [9.17, 15) is 0 Å². The van der Waals surface area contributed by atoms with Crippen molar-refractivity contribution in [3.8, 4) is 12.3 Å². The second-order valence-electron chi connectivity index (χ2n) is 4.13. The van der Waals surface area contributed by atoms with Gasteiger partial charge in [-0.15, -0.1) is 12.3 Å². The van der Waals surface area contributed by atoms with E-state index in [0.717, 1.165) is 12.1 Å². The van der Waals surface area contributed by atoms with E-state index < -0.39 is 0 Å². The summed E-state index contributed by atoms with van der Waals surface area (Å²) in [5.41, 5.74) is 3.84. The summed E-state index contributed by atoms with van der Waals surface area (Å²) in [6.45, 7) is 6.27. The summed E-state index contributed by atoms with van der Waals surface area (Å²) in [5, 5.41) is 3.48. The molecule has 0 aliphatic rings.